The highest BCUT2D eigenvalue weighted by molar-refractivity contribution is 7.84. The minimum Gasteiger partial charge on any atom is -0.496 e. The van der Waals surface area contributed by atoms with Crippen LogP contribution in [0.3, 0.4) is 0 Å². The van der Waals surface area contributed by atoms with Gasteiger partial charge in [-0.25, -0.2) is 8.51 Å². The third kappa shape index (κ3) is 8.13. The van der Waals surface area contributed by atoms with E-state index in [9.17, 15) is 4.21 Å². The van der Waals surface area contributed by atoms with Crippen molar-refractivity contribution in [2.75, 3.05) is 27.4 Å². The van der Waals surface area contributed by atoms with Gasteiger partial charge in [0.1, 0.15) is 29.9 Å². The van der Waals surface area contributed by atoms with E-state index in [-0.39, 0.29) is 16.9 Å². The summed E-state index contributed by atoms with van der Waals surface area (Å²) in [4.78, 5) is 0. The van der Waals surface area contributed by atoms with E-state index in [2.05, 4.69) is 97.9 Å². The summed E-state index contributed by atoms with van der Waals surface area (Å²) in [5.41, 5.74) is 5.92. The summed E-state index contributed by atoms with van der Waals surface area (Å²) in [6.45, 7) is 21.0. The number of rotatable bonds is 8. The molecule has 0 N–H and O–H groups in total. The lowest BCUT2D eigenvalue weighted by Gasteiger charge is -2.42. The topological polar surface area (TPSA) is 48.0 Å². The summed E-state index contributed by atoms with van der Waals surface area (Å²) in [6, 6.07) is 9.17. The van der Waals surface area contributed by atoms with E-state index >= 15 is 0 Å². The van der Waals surface area contributed by atoms with Gasteiger partial charge in [-0.05, 0) is 109 Å². The van der Waals surface area contributed by atoms with E-state index in [1.807, 2.05) is 0 Å². The molecule has 0 bridgehead atoms. The van der Waals surface area contributed by atoms with Gasteiger partial charge in [-0.15, -0.1) is 0 Å². The van der Waals surface area contributed by atoms with Gasteiger partial charge in [0.25, 0.3) is 0 Å². The average molecular weight is 698 g/mol. The van der Waals surface area contributed by atoms with Crippen molar-refractivity contribution >= 4 is 24.2 Å². The normalized spacial score (nSPS) is 19.9. The maximum Gasteiger partial charge on any atom is 0.162 e. The summed E-state index contributed by atoms with van der Waals surface area (Å²) in [6.07, 6.45) is 13.3. The van der Waals surface area contributed by atoms with E-state index in [1.165, 1.54) is 91.8 Å². The first-order valence-corrected chi connectivity index (χ1v) is 21.2. The molecule has 1 unspecified atom stereocenters. The highest BCUT2D eigenvalue weighted by atomic mass is 32.2. The maximum atomic E-state index is 14.6. The Balaban J connectivity index is 1.85. The minimum atomic E-state index is -1.27. The Bertz CT molecular complexity index is 1390. The Morgan fingerprint density at radius 2 is 1.21 bits per heavy atom. The van der Waals surface area contributed by atoms with Crippen molar-refractivity contribution < 1.29 is 18.4 Å². The Labute approximate surface area is 296 Å². The van der Waals surface area contributed by atoms with Gasteiger partial charge in [-0.2, -0.15) is 0 Å². The molecule has 48 heavy (non-hydrogen) atoms. The van der Waals surface area contributed by atoms with Gasteiger partial charge in [0.2, 0.25) is 0 Å². The van der Waals surface area contributed by atoms with Crippen LogP contribution >= 0.6 is 7.92 Å². The zero-order valence-electron chi connectivity index (χ0n) is 32.0. The molecule has 3 aliphatic rings. The Kier molecular flexibility index (Phi) is 11.7. The van der Waals surface area contributed by atoms with Crippen LogP contribution in [0.4, 0.5) is 0 Å². The highest BCUT2D eigenvalue weighted by Gasteiger charge is 2.40. The van der Waals surface area contributed by atoms with Crippen molar-refractivity contribution in [1.29, 1.82) is 0 Å². The molecule has 2 aliphatic carbocycles. The second kappa shape index (κ2) is 14.9. The Morgan fingerprint density at radius 1 is 0.750 bits per heavy atom. The molecule has 2 atom stereocenters. The smallest absolute Gasteiger partial charge is 0.162 e. The number of hydrogen-bond donors (Lipinski definition) is 0. The molecular formula is C41H64NO4PS. The van der Waals surface area contributed by atoms with Crippen LogP contribution in [0.25, 0.3) is 0 Å². The number of benzene rings is 2. The lowest BCUT2D eigenvalue weighted by molar-refractivity contribution is 0.171. The van der Waals surface area contributed by atoms with Crippen LogP contribution in [-0.4, -0.2) is 52.0 Å². The molecule has 2 fully saturated rings. The molecule has 5 rings (SSSR count). The standard InChI is InChI=1S/C41H64NO4PS/c1-39(2,3)32-24-28(25-33(38(32)44-11)40(4,5)6)37(42(10)48(43)41(7,8)9)31-26-34-35(46-23-22-45-34)27-36(31)47(29-18-14-12-15-19-29)30-20-16-13-17-21-30/h24-27,29-30,37H,12-23H2,1-11H3/t37-,48?/m0/s1. The molecule has 1 aliphatic heterocycles. The first-order valence-electron chi connectivity index (χ1n) is 18.6. The summed E-state index contributed by atoms with van der Waals surface area (Å²) in [5.74, 6) is 2.67. The summed E-state index contributed by atoms with van der Waals surface area (Å²) >= 11 is 0. The number of methoxy groups -OCH3 is 1. The van der Waals surface area contributed by atoms with Crippen LogP contribution < -0.4 is 19.5 Å². The molecule has 2 aromatic carbocycles. The minimum absolute atomic E-state index is 0.153. The molecule has 1 heterocycles. The lowest BCUT2D eigenvalue weighted by atomic mass is 9.77. The zero-order valence-corrected chi connectivity index (χ0v) is 33.7. The van der Waals surface area contributed by atoms with E-state index in [0.717, 1.165) is 17.2 Å². The predicted molar refractivity (Wildman–Crippen MR) is 206 cm³/mol. The molecule has 5 nitrogen and oxygen atoms in total. The van der Waals surface area contributed by atoms with Crippen molar-refractivity contribution in [1.82, 2.24) is 4.31 Å². The van der Waals surface area contributed by atoms with Gasteiger partial charge in [0.15, 0.2) is 11.5 Å². The van der Waals surface area contributed by atoms with E-state index in [0.29, 0.717) is 24.5 Å². The van der Waals surface area contributed by atoms with E-state index in [1.54, 1.807) is 7.11 Å². The van der Waals surface area contributed by atoms with Crippen LogP contribution in [-0.2, 0) is 21.8 Å². The quantitative estimate of drug-likeness (QED) is 0.258. The lowest BCUT2D eigenvalue weighted by Crippen LogP contribution is -2.40. The number of fused-ring (bicyclic) bond motifs is 1. The van der Waals surface area contributed by atoms with Crippen LogP contribution in [0.5, 0.6) is 17.2 Å². The van der Waals surface area contributed by atoms with Gasteiger partial charge in [-0.1, -0.05) is 88.0 Å². The van der Waals surface area contributed by atoms with Crippen LogP contribution in [0.2, 0.25) is 0 Å². The van der Waals surface area contributed by atoms with Crippen molar-refractivity contribution in [2.45, 2.75) is 159 Å². The van der Waals surface area contributed by atoms with Crippen molar-refractivity contribution in [2.24, 2.45) is 0 Å². The van der Waals surface area contributed by atoms with Crippen molar-refractivity contribution in [3.05, 3.63) is 46.5 Å². The molecule has 7 heteroatoms. The molecule has 2 saturated carbocycles. The molecule has 0 spiro atoms. The van der Waals surface area contributed by atoms with Gasteiger partial charge < -0.3 is 14.2 Å². The Morgan fingerprint density at radius 3 is 1.62 bits per heavy atom. The fourth-order valence-electron chi connectivity index (χ4n) is 8.20. The first kappa shape index (κ1) is 37.6. The predicted octanol–water partition coefficient (Wildman–Crippen LogP) is 10.3. The third-order valence-corrected chi connectivity index (χ3v) is 15.9. The monoisotopic (exact) mass is 697 g/mol. The van der Waals surface area contributed by atoms with Crippen LogP contribution in [0, 0.1) is 0 Å². The fourth-order valence-corrected chi connectivity index (χ4v) is 13.5. The molecule has 0 aromatic heterocycles. The summed E-state index contributed by atoms with van der Waals surface area (Å²) in [5, 5.41) is 1.46. The van der Waals surface area contributed by atoms with E-state index < -0.39 is 23.7 Å². The second-order valence-corrected chi connectivity index (χ2v) is 22.6. The van der Waals surface area contributed by atoms with Crippen molar-refractivity contribution in [3.63, 3.8) is 0 Å². The number of hydrogen-bond acceptors (Lipinski definition) is 4. The largest absolute Gasteiger partial charge is 0.496 e. The van der Waals surface area contributed by atoms with Gasteiger partial charge in [0.05, 0.1) is 17.9 Å². The van der Waals surface area contributed by atoms with Gasteiger partial charge >= 0.3 is 0 Å². The number of ether oxygens (including phenoxy) is 3. The highest BCUT2D eigenvalue weighted by Crippen LogP contribution is 2.57. The van der Waals surface area contributed by atoms with Crippen molar-refractivity contribution in [3.8, 4) is 17.2 Å². The maximum absolute atomic E-state index is 14.6. The molecule has 0 radical (unpaired) electrons. The molecular weight excluding hydrogens is 633 g/mol. The summed E-state index contributed by atoms with van der Waals surface area (Å²) in [7, 11) is 2.13. The number of nitrogens with zero attached hydrogens (tertiary/aromatic N) is 1. The molecule has 0 saturated heterocycles. The SMILES string of the molecule is COc1c(C(C)(C)C)cc([C@@H](c2cc3c(cc2P(C2CCCCC2)C2CCCCC2)OCCO3)N(C)S(=O)C(C)(C)C)cc1C(C)(C)C. The second-order valence-electron chi connectivity index (χ2n) is 17.5. The molecule has 0 amide bonds. The molecule has 2 aromatic rings. The Hall–Kier alpha value is -1.62. The first-order chi connectivity index (χ1) is 22.5. The summed E-state index contributed by atoms with van der Waals surface area (Å²) < 4.78 is 35.2. The van der Waals surface area contributed by atoms with Crippen LogP contribution in [0.15, 0.2) is 24.3 Å². The van der Waals surface area contributed by atoms with E-state index in [4.69, 9.17) is 14.2 Å². The third-order valence-electron chi connectivity index (χ3n) is 10.6. The van der Waals surface area contributed by atoms with Gasteiger partial charge in [-0.3, -0.25) is 0 Å². The average Bonchev–Trinajstić information content (AvgIpc) is 3.04. The van der Waals surface area contributed by atoms with Crippen LogP contribution in [0.1, 0.15) is 155 Å². The fraction of sp³-hybridized carbons (Fsp3) is 0.707. The zero-order chi connectivity index (χ0) is 35.0. The van der Waals surface area contributed by atoms with Gasteiger partial charge in [0, 0.05) is 18.2 Å². The molecule has 268 valence electrons.